The van der Waals surface area contributed by atoms with Crippen LogP contribution in [-0.2, 0) is 33.3 Å². The van der Waals surface area contributed by atoms with Gasteiger partial charge in [0.2, 0.25) is 0 Å². The lowest BCUT2D eigenvalue weighted by molar-refractivity contribution is -0.173. The molecule has 3 rings (SSSR count). The molecule has 1 N–H and O–H groups in total. The third-order valence-electron chi connectivity index (χ3n) is 8.31. The van der Waals surface area contributed by atoms with Gasteiger partial charge in [-0.3, -0.25) is 14.4 Å². The Morgan fingerprint density at radius 3 is 2.05 bits per heavy atom. The first-order valence-electron chi connectivity index (χ1n) is 14.4. The van der Waals surface area contributed by atoms with Gasteiger partial charge in [-0.05, 0) is 37.0 Å². The number of esters is 4. The molecule has 1 fully saturated rings. The Bertz CT molecular complexity index is 1220. The fraction of sp³-hybridized carbons (Fsp3) is 0.576. The first kappa shape index (κ1) is 33.0. The van der Waals surface area contributed by atoms with E-state index in [4.69, 9.17) is 18.9 Å². The minimum absolute atomic E-state index is 0.162. The summed E-state index contributed by atoms with van der Waals surface area (Å²) >= 11 is 0. The Kier molecular flexibility index (Phi) is 10.4. The lowest BCUT2D eigenvalue weighted by Crippen LogP contribution is -2.52. The molecule has 0 aliphatic heterocycles. The molecule has 0 bridgehead atoms. The van der Waals surface area contributed by atoms with Crippen LogP contribution in [-0.4, -0.2) is 59.0 Å². The standard InChI is InChI=1S/C33H44O9/c1-19-14-15-32(7,8)28(40-23(5)35)17-27(39-22(4)34)20(2)16-26-29(42-31(37)25-12-10-9-11-13-25)21(3)18-33(26,38)30(19)41-24(6)36/h9-16,19,21,26-30,38H,17-18H2,1-8H3/b15-14-,20-16+/t19-,21-,26-,27+,28+,29-,30?,33+/m1/s1. The molecule has 0 radical (unpaired) electrons. The summed E-state index contributed by atoms with van der Waals surface area (Å²) in [4.78, 5) is 49.9. The van der Waals surface area contributed by atoms with E-state index >= 15 is 0 Å². The third kappa shape index (κ3) is 7.68. The van der Waals surface area contributed by atoms with Gasteiger partial charge < -0.3 is 24.1 Å². The number of rotatable bonds is 5. The van der Waals surface area contributed by atoms with Crippen LogP contribution in [0.5, 0.6) is 0 Å². The van der Waals surface area contributed by atoms with E-state index in [0.717, 1.165) is 0 Å². The van der Waals surface area contributed by atoms with Crippen LogP contribution in [0.15, 0.2) is 54.1 Å². The Balaban J connectivity index is 2.20. The van der Waals surface area contributed by atoms with Crippen LogP contribution < -0.4 is 0 Å². The number of benzene rings is 1. The Labute approximate surface area is 248 Å². The number of hydrogen-bond donors (Lipinski definition) is 1. The zero-order valence-electron chi connectivity index (χ0n) is 25.8. The second-order valence-electron chi connectivity index (χ2n) is 12.3. The topological polar surface area (TPSA) is 125 Å². The Morgan fingerprint density at radius 2 is 1.48 bits per heavy atom. The number of fused-ring (bicyclic) bond motifs is 1. The molecule has 0 amide bonds. The largest absolute Gasteiger partial charge is 0.461 e. The quantitative estimate of drug-likeness (QED) is 0.290. The number of carbonyl (C=O) groups is 4. The lowest BCUT2D eigenvalue weighted by Gasteiger charge is -2.41. The van der Waals surface area contributed by atoms with Crippen LogP contribution in [0.4, 0.5) is 0 Å². The van der Waals surface area contributed by atoms with Crippen molar-refractivity contribution < 1.29 is 43.2 Å². The van der Waals surface area contributed by atoms with Gasteiger partial charge in [-0.1, -0.05) is 64.1 Å². The van der Waals surface area contributed by atoms with Crippen molar-refractivity contribution in [3.05, 3.63) is 59.7 Å². The summed E-state index contributed by atoms with van der Waals surface area (Å²) in [5.74, 6) is -3.71. The second-order valence-corrected chi connectivity index (χ2v) is 12.3. The number of ether oxygens (including phenoxy) is 4. The molecule has 9 nitrogen and oxygen atoms in total. The average molecular weight is 585 g/mol. The van der Waals surface area contributed by atoms with E-state index in [1.807, 2.05) is 39.8 Å². The zero-order chi connectivity index (χ0) is 31.4. The maximum absolute atomic E-state index is 13.2. The second kappa shape index (κ2) is 13.2. The first-order chi connectivity index (χ1) is 19.5. The van der Waals surface area contributed by atoms with Crippen molar-refractivity contribution in [3.63, 3.8) is 0 Å². The van der Waals surface area contributed by atoms with Crippen molar-refractivity contribution in [2.45, 2.75) is 98.2 Å². The molecule has 1 aromatic rings. The van der Waals surface area contributed by atoms with Crippen molar-refractivity contribution in [3.8, 4) is 0 Å². The molecule has 0 aromatic heterocycles. The summed E-state index contributed by atoms with van der Waals surface area (Å²) in [7, 11) is 0. The van der Waals surface area contributed by atoms with E-state index < -0.39 is 71.1 Å². The summed E-state index contributed by atoms with van der Waals surface area (Å²) in [6, 6.07) is 8.57. The molecule has 1 aromatic carbocycles. The maximum Gasteiger partial charge on any atom is 0.338 e. The van der Waals surface area contributed by atoms with Crippen molar-refractivity contribution >= 4 is 23.9 Å². The van der Waals surface area contributed by atoms with Gasteiger partial charge in [-0.15, -0.1) is 0 Å². The molecule has 230 valence electrons. The van der Waals surface area contributed by atoms with Gasteiger partial charge in [0.25, 0.3) is 0 Å². The van der Waals surface area contributed by atoms with Crippen molar-refractivity contribution in [1.82, 2.24) is 0 Å². The van der Waals surface area contributed by atoms with E-state index in [2.05, 4.69) is 0 Å². The predicted octanol–water partition coefficient (Wildman–Crippen LogP) is 4.96. The summed E-state index contributed by atoms with van der Waals surface area (Å²) in [5, 5.41) is 12.5. The summed E-state index contributed by atoms with van der Waals surface area (Å²) in [6.07, 6.45) is 2.54. The van der Waals surface area contributed by atoms with Gasteiger partial charge in [0.05, 0.1) is 5.56 Å². The normalized spacial score (nSPS) is 34.7. The Hall–Kier alpha value is -3.46. The van der Waals surface area contributed by atoms with Crippen LogP contribution in [0, 0.1) is 23.2 Å². The molecule has 42 heavy (non-hydrogen) atoms. The molecule has 9 heteroatoms. The van der Waals surface area contributed by atoms with E-state index in [-0.39, 0.29) is 18.8 Å². The fourth-order valence-electron chi connectivity index (χ4n) is 6.17. The summed E-state index contributed by atoms with van der Waals surface area (Å²) in [6.45, 7) is 13.2. The monoisotopic (exact) mass is 584 g/mol. The van der Waals surface area contributed by atoms with Gasteiger partial charge in [0.15, 0.2) is 0 Å². The van der Waals surface area contributed by atoms with Crippen LogP contribution in [0.1, 0.15) is 78.6 Å². The van der Waals surface area contributed by atoms with Crippen LogP contribution in [0.3, 0.4) is 0 Å². The van der Waals surface area contributed by atoms with Gasteiger partial charge in [-0.2, -0.15) is 0 Å². The zero-order valence-corrected chi connectivity index (χ0v) is 25.8. The molecule has 2 aliphatic carbocycles. The third-order valence-corrected chi connectivity index (χ3v) is 8.31. The highest BCUT2D eigenvalue weighted by Gasteiger charge is 2.58. The minimum Gasteiger partial charge on any atom is -0.461 e. The van der Waals surface area contributed by atoms with Gasteiger partial charge in [-0.25, -0.2) is 4.79 Å². The van der Waals surface area contributed by atoms with Gasteiger partial charge in [0, 0.05) is 44.4 Å². The molecule has 8 atom stereocenters. The van der Waals surface area contributed by atoms with Crippen LogP contribution in [0.2, 0.25) is 0 Å². The highest BCUT2D eigenvalue weighted by molar-refractivity contribution is 5.89. The van der Waals surface area contributed by atoms with Crippen molar-refractivity contribution in [2.24, 2.45) is 23.2 Å². The molecule has 0 spiro atoms. The molecule has 0 heterocycles. The smallest absolute Gasteiger partial charge is 0.338 e. The van der Waals surface area contributed by atoms with Crippen molar-refractivity contribution in [1.29, 1.82) is 0 Å². The molecular weight excluding hydrogens is 540 g/mol. The van der Waals surface area contributed by atoms with E-state index in [0.29, 0.717) is 11.1 Å². The van der Waals surface area contributed by atoms with E-state index in [9.17, 15) is 24.3 Å². The fourth-order valence-corrected chi connectivity index (χ4v) is 6.17. The minimum atomic E-state index is -1.63. The summed E-state index contributed by atoms with van der Waals surface area (Å²) < 4.78 is 23.3. The average Bonchev–Trinajstić information content (AvgIpc) is 3.13. The first-order valence-corrected chi connectivity index (χ1v) is 14.4. The molecule has 2 aliphatic rings. The maximum atomic E-state index is 13.2. The van der Waals surface area contributed by atoms with Gasteiger partial charge in [0.1, 0.15) is 30.0 Å². The van der Waals surface area contributed by atoms with E-state index in [1.54, 1.807) is 43.3 Å². The molecule has 0 saturated heterocycles. The van der Waals surface area contributed by atoms with Crippen LogP contribution >= 0.6 is 0 Å². The van der Waals surface area contributed by atoms with E-state index in [1.165, 1.54) is 20.8 Å². The lowest BCUT2D eigenvalue weighted by atomic mass is 9.75. The number of aliphatic hydroxyl groups is 1. The highest BCUT2D eigenvalue weighted by atomic mass is 16.6. The van der Waals surface area contributed by atoms with Gasteiger partial charge >= 0.3 is 23.9 Å². The predicted molar refractivity (Wildman–Crippen MR) is 155 cm³/mol. The number of carbonyl (C=O) groups excluding carboxylic acids is 4. The Morgan fingerprint density at radius 1 is 0.881 bits per heavy atom. The SMILES string of the molecule is CC(=O)OC1[C@H](C)/C=C\C(C)(C)[C@@H](OC(C)=O)C[C@H](OC(C)=O)/C(C)=C/[C@@H]2[C@H](OC(=O)c3ccccc3)[C@H](C)C[C@@]12O. The van der Waals surface area contributed by atoms with Crippen molar-refractivity contribution in [2.75, 3.05) is 0 Å². The molecule has 1 saturated carbocycles. The summed E-state index contributed by atoms with van der Waals surface area (Å²) in [5.41, 5.74) is -1.39. The highest BCUT2D eigenvalue weighted by Crippen LogP contribution is 2.48. The van der Waals surface area contributed by atoms with Crippen LogP contribution in [0.25, 0.3) is 0 Å². The molecule has 1 unspecified atom stereocenters. The molecular formula is C33H44O9. The number of hydrogen-bond acceptors (Lipinski definition) is 9.